The second-order valence-corrected chi connectivity index (χ2v) is 6.69. The van der Waals surface area contributed by atoms with Crippen molar-refractivity contribution in [3.63, 3.8) is 0 Å². The van der Waals surface area contributed by atoms with E-state index in [0.717, 1.165) is 29.8 Å². The van der Waals surface area contributed by atoms with Gasteiger partial charge in [-0.05, 0) is 43.5 Å². The van der Waals surface area contributed by atoms with Crippen molar-refractivity contribution in [1.29, 1.82) is 0 Å². The van der Waals surface area contributed by atoms with Crippen molar-refractivity contribution in [2.45, 2.75) is 37.5 Å². The summed E-state index contributed by atoms with van der Waals surface area (Å²) in [7, 11) is 0. The summed E-state index contributed by atoms with van der Waals surface area (Å²) < 4.78 is 48.6. The van der Waals surface area contributed by atoms with Crippen LogP contribution >= 0.6 is 0 Å². The first-order valence-corrected chi connectivity index (χ1v) is 8.43. The van der Waals surface area contributed by atoms with Crippen LogP contribution in [-0.2, 0) is 4.79 Å². The molecule has 8 heteroatoms. The summed E-state index contributed by atoms with van der Waals surface area (Å²) in [6, 6.07) is 5.26. The maximum absolute atomic E-state index is 12.6. The zero-order valence-electron chi connectivity index (χ0n) is 13.6. The van der Waals surface area contributed by atoms with Gasteiger partial charge in [-0.3, -0.25) is 9.69 Å². The van der Waals surface area contributed by atoms with Crippen molar-refractivity contribution in [2.24, 2.45) is 0 Å². The predicted octanol–water partition coefficient (Wildman–Crippen LogP) is 2.72. The first kappa shape index (κ1) is 16.5. The monoisotopic (exact) mass is 356 g/mol. The summed E-state index contributed by atoms with van der Waals surface area (Å²) in [5.41, 5.74) is 1.02. The van der Waals surface area contributed by atoms with Crippen LogP contribution in [0.5, 0.6) is 11.5 Å². The van der Waals surface area contributed by atoms with Crippen LogP contribution in [-0.4, -0.2) is 54.4 Å². The third-order valence-electron chi connectivity index (χ3n) is 5.12. The Morgan fingerprint density at radius 2 is 1.88 bits per heavy atom. The van der Waals surface area contributed by atoms with Crippen molar-refractivity contribution >= 4 is 5.91 Å². The van der Waals surface area contributed by atoms with Gasteiger partial charge in [-0.25, -0.2) is 0 Å². The Bertz CT molecular complexity index is 680. The van der Waals surface area contributed by atoms with Gasteiger partial charge in [-0.2, -0.15) is 13.2 Å². The van der Waals surface area contributed by atoms with Gasteiger partial charge >= 0.3 is 6.18 Å². The Balaban J connectivity index is 1.51. The van der Waals surface area contributed by atoms with E-state index in [1.165, 1.54) is 0 Å². The normalized spacial score (nSPS) is 26.7. The number of carbonyl (C=O) groups is 1. The van der Waals surface area contributed by atoms with E-state index in [4.69, 9.17) is 9.47 Å². The van der Waals surface area contributed by atoms with E-state index in [1.54, 1.807) is 0 Å². The molecule has 5 nitrogen and oxygen atoms in total. The molecule has 3 heterocycles. The molecule has 2 saturated heterocycles. The van der Waals surface area contributed by atoms with Gasteiger partial charge in [0.15, 0.2) is 11.5 Å². The summed E-state index contributed by atoms with van der Waals surface area (Å²) >= 11 is 0. The van der Waals surface area contributed by atoms with E-state index in [2.05, 4.69) is 4.90 Å². The number of fused-ring (bicyclic) bond motifs is 1. The minimum atomic E-state index is -4.35. The summed E-state index contributed by atoms with van der Waals surface area (Å²) in [4.78, 5) is 15.5. The van der Waals surface area contributed by atoms with Crippen LogP contribution in [0.2, 0.25) is 0 Å². The Morgan fingerprint density at radius 3 is 2.68 bits per heavy atom. The summed E-state index contributed by atoms with van der Waals surface area (Å²) in [6.07, 6.45) is -2.12. The lowest BCUT2D eigenvalue weighted by molar-refractivity contribution is -0.159. The van der Waals surface area contributed by atoms with Crippen molar-refractivity contribution in [2.75, 3.05) is 26.4 Å². The highest BCUT2D eigenvalue weighted by atomic mass is 19.4. The molecule has 0 aliphatic carbocycles. The quantitative estimate of drug-likeness (QED) is 0.835. The van der Waals surface area contributed by atoms with Crippen molar-refractivity contribution in [1.82, 2.24) is 9.80 Å². The Hall–Kier alpha value is -1.96. The van der Waals surface area contributed by atoms with Crippen LogP contribution in [0.1, 0.15) is 30.9 Å². The van der Waals surface area contributed by atoms with Gasteiger partial charge in [0.25, 0.3) is 0 Å². The zero-order chi connectivity index (χ0) is 17.6. The molecule has 1 aromatic rings. The molecular formula is C17H19F3N2O3. The van der Waals surface area contributed by atoms with Crippen LogP contribution in [0.25, 0.3) is 0 Å². The molecule has 0 aromatic heterocycles. The molecule has 0 saturated carbocycles. The van der Waals surface area contributed by atoms with Gasteiger partial charge in [-0.1, -0.05) is 6.07 Å². The predicted molar refractivity (Wildman–Crippen MR) is 82.3 cm³/mol. The van der Waals surface area contributed by atoms with E-state index in [-0.39, 0.29) is 19.4 Å². The van der Waals surface area contributed by atoms with Gasteiger partial charge in [0.2, 0.25) is 12.7 Å². The molecule has 1 aromatic carbocycles. The topological polar surface area (TPSA) is 42.0 Å². The van der Waals surface area contributed by atoms with Gasteiger partial charge in [0, 0.05) is 12.6 Å². The molecule has 1 amide bonds. The number of ether oxygens (including phenoxy) is 2. The standard InChI is InChI=1S/C17H19F3N2O3/c18-17(19,20)9-21-7-5-13(16(21)23)22-6-1-2-12(22)11-3-4-14-15(8-11)25-10-24-14/h3-4,8,12-13H,1-2,5-7,9-10H2. The van der Waals surface area contributed by atoms with Crippen LogP contribution in [0.3, 0.4) is 0 Å². The third kappa shape index (κ3) is 3.15. The van der Waals surface area contributed by atoms with Crippen molar-refractivity contribution in [3.05, 3.63) is 23.8 Å². The molecule has 2 atom stereocenters. The average Bonchev–Trinajstić information content (AvgIpc) is 3.26. The maximum Gasteiger partial charge on any atom is 0.406 e. The molecule has 4 rings (SSSR count). The number of alkyl halides is 3. The van der Waals surface area contributed by atoms with E-state index >= 15 is 0 Å². The van der Waals surface area contributed by atoms with Crippen molar-refractivity contribution in [3.8, 4) is 11.5 Å². The maximum atomic E-state index is 12.6. The van der Waals surface area contributed by atoms with Gasteiger partial charge in [-0.15, -0.1) is 0 Å². The number of amides is 1. The smallest absolute Gasteiger partial charge is 0.406 e. The number of likely N-dealkylation sites (tertiary alicyclic amines) is 2. The SMILES string of the molecule is O=C1C(N2CCCC2c2ccc3c(c2)OCO3)CCN1CC(F)(F)F. The molecule has 0 radical (unpaired) electrons. The Kier molecular flexibility index (Phi) is 4.02. The molecule has 0 spiro atoms. The van der Waals surface area contributed by atoms with Crippen LogP contribution in [0.15, 0.2) is 18.2 Å². The summed E-state index contributed by atoms with van der Waals surface area (Å²) in [6.45, 7) is -0.0890. The number of nitrogens with zero attached hydrogens (tertiary/aromatic N) is 2. The molecule has 136 valence electrons. The summed E-state index contributed by atoms with van der Waals surface area (Å²) in [5.74, 6) is 0.965. The van der Waals surface area contributed by atoms with Crippen LogP contribution in [0, 0.1) is 0 Å². The molecule has 2 fully saturated rings. The minimum absolute atomic E-state index is 0.0225. The zero-order valence-corrected chi connectivity index (χ0v) is 13.6. The molecule has 2 unspecified atom stereocenters. The largest absolute Gasteiger partial charge is 0.454 e. The summed E-state index contributed by atoms with van der Waals surface area (Å²) in [5, 5.41) is 0. The number of hydrogen-bond donors (Lipinski definition) is 0. The lowest BCUT2D eigenvalue weighted by Crippen LogP contribution is -2.43. The minimum Gasteiger partial charge on any atom is -0.454 e. The van der Waals surface area contributed by atoms with Gasteiger partial charge in [0.1, 0.15) is 6.54 Å². The van der Waals surface area contributed by atoms with Crippen LogP contribution < -0.4 is 9.47 Å². The molecule has 0 bridgehead atoms. The molecule has 3 aliphatic heterocycles. The van der Waals surface area contributed by atoms with Gasteiger partial charge < -0.3 is 14.4 Å². The fourth-order valence-corrected chi connectivity index (χ4v) is 4.04. The van der Waals surface area contributed by atoms with E-state index in [1.807, 2.05) is 18.2 Å². The first-order chi connectivity index (χ1) is 11.9. The third-order valence-corrected chi connectivity index (χ3v) is 5.12. The Morgan fingerprint density at radius 1 is 1.08 bits per heavy atom. The highest BCUT2D eigenvalue weighted by Crippen LogP contribution is 2.41. The van der Waals surface area contributed by atoms with E-state index in [0.29, 0.717) is 17.9 Å². The molecule has 3 aliphatic rings. The highest BCUT2D eigenvalue weighted by molar-refractivity contribution is 5.84. The number of hydrogen-bond acceptors (Lipinski definition) is 4. The Labute approximate surface area is 143 Å². The second-order valence-electron chi connectivity index (χ2n) is 6.69. The number of benzene rings is 1. The lowest BCUT2D eigenvalue weighted by Gasteiger charge is -2.30. The number of carbonyl (C=O) groups excluding carboxylic acids is 1. The van der Waals surface area contributed by atoms with Gasteiger partial charge in [0.05, 0.1) is 6.04 Å². The molecule has 25 heavy (non-hydrogen) atoms. The first-order valence-electron chi connectivity index (χ1n) is 8.43. The van der Waals surface area contributed by atoms with Crippen LogP contribution in [0.4, 0.5) is 13.2 Å². The fourth-order valence-electron chi connectivity index (χ4n) is 4.04. The number of halogens is 3. The fraction of sp³-hybridized carbons (Fsp3) is 0.588. The van der Waals surface area contributed by atoms with E-state index in [9.17, 15) is 18.0 Å². The van der Waals surface area contributed by atoms with Crippen molar-refractivity contribution < 1.29 is 27.4 Å². The highest BCUT2D eigenvalue weighted by Gasteiger charge is 2.44. The average molecular weight is 356 g/mol. The van der Waals surface area contributed by atoms with E-state index < -0.39 is 24.7 Å². The lowest BCUT2D eigenvalue weighted by atomic mass is 10.0. The number of rotatable bonds is 3. The molecule has 0 N–H and O–H groups in total. The molecular weight excluding hydrogens is 337 g/mol. The second kappa shape index (κ2) is 6.09.